The molecule has 1 fully saturated rings. The molecular weight excluding hydrogens is 477 g/mol. The highest BCUT2D eigenvalue weighted by Crippen LogP contribution is 2.46. The van der Waals surface area contributed by atoms with Crippen molar-refractivity contribution < 1.29 is 23.1 Å². The van der Waals surface area contributed by atoms with Crippen molar-refractivity contribution in [1.29, 1.82) is 0 Å². The topological polar surface area (TPSA) is 109 Å². The van der Waals surface area contributed by atoms with Gasteiger partial charge in [-0.25, -0.2) is 14.0 Å². The first-order valence-electron chi connectivity index (χ1n) is 10.1. The summed E-state index contributed by atoms with van der Waals surface area (Å²) in [6.07, 6.45) is 0. The zero-order valence-electron chi connectivity index (χ0n) is 17.8. The summed E-state index contributed by atoms with van der Waals surface area (Å²) in [4.78, 5) is 39.6. The van der Waals surface area contributed by atoms with Gasteiger partial charge in [0, 0.05) is 31.6 Å². The highest BCUT2D eigenvalue weighted by atomic mass is 35.5. The van der Waals surface area contributed by atoms with Gasteiger partial charge >= 0.3 is 11.8 Å². The number of carboxylic acid groups (broad SMARTS) is 1. The van der Waals surface area contributed by atoms with E-state index in [1.54, 1.807) is 17.6 Å². The number of carbonyl (C=O) groups is 1. The summed E-state index contributed by atoms with van der Waals surface area (Å²) in [6.45, 7) is 6.33. The minimum absolute atomic E-state index is 0. The SMILES string of the molecule is Cc1oc(=O)oc1CN1CCN(c2cc3c(cc2F)c(=O)c(C(=O)O)c2n3C(C)S2)CC1.Cl. The second-order valence-corrected chi connectivity index (χ2v) is 9.22. The van der Waals surface area contributed by atoms with Gasteiger partial charge in [-0.15, -0.1) is 12.4 Å². The van der Waals surface area contributed by atoms with Crippen LogP contribution < -0.4 is 16.2 Å². The van der Waals surface area contributed by atoms with Crippen molar-refractivity contribution in [1.82, 2.24) is 9.47 Å². The van der Waals surface area contributed by atoms with Crippen LogP contribution >= 0.6 is 24.2 Å². The Kier molecular flexibility index (Phi) is 6.06. The lowest BCUT2D eigenvalue weighted by molar-refractivity contribution is 0.0689. The number of piperazine rings is 1. The van der Waals surface area contributed by atoms with Crippen LogP contribution in [0, 0.1) is 12.7 Å². The summed E-state index contributed by atoms with van der Waals surface area (Å²) >= 11 is 1.32. The molecule has 33 heavy (non-hydrogen) atoms. The van der Waals surface area contributed by atoms with Crippen LogP contribution in [0.1, 0.15) is 34.2 Å². The number of nitrogens with zero attached hydrogens (tertiary/aromatic N) is 3. The Hall–Kier alpha value is -2.76. The van der Waals surface area contributed by atoms with Gasteiger partial charge in [-0.3, -0.25) is 9.69 Å². The number of aryl methyl sites for hydroxylation is 1. The van der Waals surface area contributed by atoms with E-state index in [-0.39, 0.29) is 28.7 Å². The Labute approximate surface area is 197 Å². The van der Waals surface area contributed by atoms with E-state index in [4.69, 9.17) is 8.83 Å². The van der Waals surface area contributed by atoms with E-state index in [0.29, 0.717) is 60.5 Å². The molecule has 176 valence electrons. The summed E-state index contributed by atoms with van der Waals surface area (Å²) < 4.78 is 26.8. The monoisotopic (exact) mass is 497 g/mol. The number of thioether (sulfide) groups is 1. The van der Waals surface area contributed by atoms with Gasteiger partial charge in [-0.05, 0) is 26.0 Å². The van der Waals surface area contributed by atoms with Gasteiger partial charge in [0.15, 0.2) is 5.76 Å². The number of halogens is 2. The fraction of sp³-hybridized carbons (Fsp3) is 0.381. The molecule has 9 nitrogen and oxygen atoms in total. The average Bonchev–Trinajstić information content (AvgIpc) is 3.05. The molecule has 1 N–H and O–H groups in total. The van der Waals surface area contributed by atoms with Crippen LogP contribution in [0.15, 0.2) is 35.6 Å². The first-order chi connectivity index (χ1) is 15.2. The molecule has 1 saturated heterocycles. The zero-order chi connectivity index (χ0) is 22.7. The maximum absolute atomic E-state index is 15.0. The maximum Gasteiger partial charge on any atom is 0.519 e. The molecule has 1 atom stereocenters. The van der Waals surface area contributed by atoms with Gasteiger partial charge in [0.25, 0.3) is 0 Å². The molecule has 4 heterocycles. The number of anilines is 1. The number of fused-ring (bicyclic) bond motifs is 3. The Bertz CT molecular complexity index is 1380. The summed E-state index contributed by atoms with van der Waals surface area (Å²) in [5.41, 5.74) is -0.0479. The van der Waals surface area contributed by atoms with Gasteiger partial charge in [0.05, 0.1) is 28.1 Å². The molecule has 0 radical (unpaired) electrons. The summed E-state index contributed by atoms with van der Waals surface area (Å²) in [6, 6.07) is 2.80. The molecule has 0 bridgehead atoms. The van der Waals surface area contributed by atoms with Crippen molar-refractivity contribution in [2.45, 2.75) is 30.8 Å². The van der Waals surface area contributed by atoms with E-state index in [1.807, 2.05) is 11.8 Å². The molecule has 0 saturated carbocycles. The van der Waals surface area contributed by atoms with Crippen molar-refractivity contribution in [3.05, 3.63) is 55.9 Å². The molecule has 12 heteroatoms. The van der Waals surface area contributed by atoms with E-state index in [1.165, 1.54) is 11.8 Å². The molecule has 1 aromatic carbocycles. The molecule has 5 rings (SSSR count). The van der Waals surface area contributed by atoms with Crippen molar-refractivity contribution in [3.63, 3.8) is 0 Å². The van der Waals surface area contributed by atoms with Gasteiger partial charge in [0.1, 0.15) is 17.1 Å². The summed E-state index contributed by atoms with van der Waals surface area (Å²) in [7, 11) is 0. The number of rotatable bonds is 4. The molecule has 0 amide bonds. The standard InChI is InChI=1S/C21H20FN3O6S.ClH/c1-10-16(31-21(29)30-10)9-23-3-5-24(6-4-23)15-8-14-12(7-13(15)22)18(26)17(20(27)28)19-25(14)11(2)32-19;/h7-8,11H,3-6,9H2,1-2H3,(H,27,28);1H. The lowest BCUT2D eigenvalue weighted by atomic mass is 10.1. The highest BCUT2D eigenvalue weighted by molar-refractivity contribution is 8.00. The summed E-state index contributed by atoms with van der Waals surface area (Å²) in [5, 5.41) is 9.89. The third kappa shape index (κ3) is 3.83. The van der Waals surface area contributed by atoms with Crippen LogP contribution in [0.4, 0.5) is 10.1 Å². The average molecular weight is 498 g/mol. The molecule has 0 spiro atoms. The van der Waals surface area contributed by atoms with Crippen molar-refractivity contribution >= 4 is 46.7 Å². The number of aromatic carboxylic acids is 1. The minimum atomic E-state index is -1.30. The van der Waals surface area contributed by atoms with E-state index in [2.05, 4.69) is 4.90 Å². The highest BCUT2D eigenvalue weighted by Gasteiger charge is 2.33. The van der Waals surface area contributed by atoms with E-state index in [9.17, 15) is 19.5 Å². The number of hydrogen-bond acceptors (Lipinski definition) is 8. The third-order valence-corrected chi connectivity index (χ3v) is 7.18. The molecule has 3 aromatic rings. The smallest absolute Gasteiger partial charge is 0.477 e. The second-order valence-electron chi connectivity index (χ2n) is 7.92. The van der Waals surface area contributed by atoms with Crippen molar-refractivity contribution in [2.24, 2.45) is 0 Å². The van der Waals surface area contributed by atoms with Gasteiger partial charge in [-0.1, -0.05) is 11.8 Å². The van der Waals surface area contributed by atoms with Crippen molar-refractivity contribution in [3.8, 4) is 0 Å². The first-order valence-corrected chi connectivity index (χ1v) is 11.0. The van der Waals surface area contributed by atoms with Crippen LogP contribution in [0.3, 0.4) is 0 Å². The molecule has 0 aliphatic carbocycles. The Balaban J connectivity index is 0.00000259. The molecular formula is C21H21ClFN3O6S. The molecule has 2 aromatic heterocycles. The third-order valence-electron chi connectivity index (χ3n) is 6.00. The van der Waals surface area contributed by atoms with Gasteiger partial charge in [-0.2, -0.15) is 0 Å². The maximum atomic E-state index is 15.0. The quantitative estimate of drug-likeness (QED) is 0.581. The lowest BCUT2D eigenvalue weighted by Crippen LogP contribution is -2.46. The largest absolute Gasteiger partial charge is 0.519 e. The Morgan fingerprint density at radius 1 is 1.21 bits per heavy atom. The fourth-order valence-electron chi connectivity index (χ4n) is 4.34. The van der Waals surface area contributed by atoms with Gasteiger partial charge < -0.3 is 23.4 Å². The number of aromatic nitrogens is 1. The number of carboxylic acids is 1. The van der Waals surface area contributed by atoms with Crippen LogP contribution in [-0.4, -0.2) is 46.7 Å². The van der Waals surface area contributed by atoms with E-state index < -0.39 is 23.0 Å². The number of benzene rings is 1. The lowest BCUT2D eigenvalue weighted by Gasteiger charge is -2.37. The van der Waals surface area contributed by atoms with E-state index >= 15 is 4.39 Å². The van der Waals surface area contributed by atoms with Crippen LogP contribution in [-0.2, 0) is 6.54 Å². The Morgan fingerprint density at radius 3 is 2.48 bits per heavy atom. The normalized spacial score (nSPS) is 18.0. The predicted molar refractivity (Wildman–Crippen MR) is 122 cm³/mol. The van der Waals surface area contributed by atoms with Gasteiger partial charge in [0.2, 0.25) is 5.43 Å². The Morgan fingerprint density at radius 2 is 1.91 bits per heavy atom. The molecule has 1 unspecified atom stereocenters. The van der Waals surface area contributed by atoms with Crippen LogP contribution in [0.25, 0.3) is 10.9 Å². The van der Waals surface area contributed by atoms with Crippen LogP contribution in [0.2, 0.25) is 0 Å². The molecule has 2 aliphatic heterocycles. The minimum Gasteiger partial charge on any atom is -0.477 e. The molecule has 2 aliphatic rings. The van der Waals surface area contributed by atoms with E-state index in [0.717, 1.165) is 6.07 Å². The zero-order valence-corrected chi connectivity index (χ0v) is 19.4. The first kappa shape index (κ1) is 23.4. The van der Waals surface area contributed by atoms with Crippen LogP contribution in [0.5, 0.6) is 0 Å². The van der Waals surface area contributed by atoms with Crippen molar-refractivity contribution in [2.75, 3.05) is 31.1 Å². The predicted octanol–water partition coefficient (Wildman–Crippen LogP) is 3.06. The summed E-state index contributed by atoms with van der Waals surface area (Å²) in [5.74, 6) is -1.64. The number of hydrogen-bond donors (Lipinski definition) is 1. The fourth-order valence-corrected chi connectivity index (χ4v) is 5.49. The number of pyridine rings is 1. The second kappa shape index (κ2) is 8.54.